The van der Waals surface area contributed by atoms with Crippen LogP contribution in [0.25, 0.3) is 0 Å². The maximum absolute atomic E-state index is 5.89. The molecule has 0 aliphatic heterocycles. The first-order chi connectivity index (χ1) is 9.77. The molecule has 1 saturated carbocycles. The highest BCUT2D eigenvalue weighted by Crippen LogP contribution is 2.23. The van der Waals surface area contributed by atoms with Gasteiger partial charge in [0.2, 0.25) is 0 Å². The Morgan fingerprint density at radius 2 is 1.85 bits per heavy atom. The van der Waals surface area contributed by atoms with Crippen LogP contribution in [-0.2, 0) is 4.74 Å². The molecule has 0 heterocycles. The average molecular weight is 275 g/mol. The monoisotopic (exact) mass is 275 g/mol. The Labute approximate surface area is 123 Å². The van der Waals surface area contributed by atoms with Crippen molar-refractivity contribution in [1.29, 1.82) is 0 Å². The van der Waals surface area contributed by atoms with E-state index in [4.69, 9.17) is 4.74 Å². The molecule has 0 radical (unpaired) electrons. The maximum atomic E-state index is 5.89. The molecule has 20 heavy (non-hydrogen) atoms. The number of ether oxygens (including phenoxy) is 1. The number of rotatable bonds is 8. The third-order valence-corrected chi connectivity index (χ3v) is 4.33. The van der Waals surface area contributed by atoms with E-state index in [0.717, 1.165) is 19.7 Å². The minimum Gasteiger partial charge on any atom is -0.377 e. The van der Waals surface area contributed by atoms with Crippen molar-refractivity contribution in [3.8, 4) is 0 Å². The molecule has 1 N–H and O–H groups in total. The van der Waals surface area contributed by atoms with Gasteiger partial charge in [0.15, 0.2) is 0 Å². The summed E-state index contributed by atoms with van der Waals surface area (Å²) in [6.45, 7) is 7.45. The summed E-state index contributed by atoms with van der Waals surface area (Å²) in [5.41, 5.74) is 1.44. The van der Waals surface area contributed by atoms with E-state index in [-0.39, 0.29) is 0 Å². The van der Waals surface area contributed by atoms with Crippen LogP contribution >= 0.6 is 0 Å². The summed E-state index contributed by atoms with van der Waals surface area (Å²) >= 11 is 0. The van der Waals surface area contributed by atoms with E-state index in [1.54, 1.807) is 0 Å². The van der Waals surface area contributed by atoms with Crippen molar-refractivity contribution < 1.29 is 4.74 Å². The lowest BCUT2D eigenvalue weighted by Gasteiger charge is -2.22. The van der Waals surface area contributed by atoms with E-state index in [1.807, 2.05) is 0 Å². The fourth-order valence-corrected chi connectivity index (χ4v) is 3.05. The molecule has 0 amide bonds. The maximum Gasteiger partial charge on any atom is 0.0594 e. The van der Waals surface area contributed by atoms with Crippen molar-refractivity contribution in [2.45, 2.75) is 51.6 Å². The fourth-order valence-electron chi connectivity index (χ4n) is 3.05. The van der Waals surface area contributed by atoms with Crippen molar-refractivity contribution in [1.82, 2.24) is 5.32 Å². The molecule has 1 aliphatic rings. The van der Waals surface area contributed by atoms with Gasteiger partial charge in [-0.05, 0) is 30.2 Å². The van der Waals surface area contributed by atoms with E-state index >= 15 is 0 Å². The van der Waals surface area contributed by atoms with E-state index in [2.05, 4.69) is 49.5 Å². The normalized spacial score (nSPS) is 17.8. The Balaban J connectivity index is 1.67. The van der Waals surface area contributed by atoms with Crippen molar-refractivity contribution in [3.05, 3.63) is 35.9 Å². The zero-order valence-corrected chi connectivity index (χ0v) is 13.0. The van der Waals surface area contributed by atoms with Gasteiger partial charge in [0.25, 0.3) is 0 Å². The Hall–Kier alpha value is -0.860. The van der Waals surface area contributed by atoms with Gasteiger partial charge in [-0.1, -0.05) is 57.0 Å². The molecule has 0 aromatic heterocycles. The largest absolute Gasteiger partial charge is 0.377 e. The third-order valence-electron chi connectivity index (χ3n) is 4.33. The van der Waals surface area contributed by atoms with E-state index in [0.29, 0.717) is 17.9 Å². The first kappa shape index (κ1) is 15.5. The number of nitrogens with one attached hydrogen (secondary N) is 1. The zero-order valence-electron chi connectivity index (χ0n) is 13.0. The molecule has 0 saturated heterocycles. The summed E-state index contributed by atoms with van der Waals surface area (Å²) in [7, 11) is 0. The molecular formula is C18H29NO. The molecule has 1 fully saturated rings. The lowest BCUT2D eigenvalue weighted by Crippen LogP contribution is -2.28. The second kappa shape index (κ2) is 8.43. The van der Waals surface area contributed by atoms with Crippen molar-refractivity contribution in [3.63, 3.8) is 0 Å². The molecule has 2 nitrogen and oxygen atoms in total. The summed E-state index contributed by atoms with van der Waals surface area (Å²) in [6.07, 6.45) is 5.76. The quantitative estimate of drug-likeness (QED) is 0.725. The minimum atomic E-state index is 0.534. The summed E-state index contributed by atoms with van der Waals surface area (Å²) in [4.78, 5) is 0. The molecule has 0 bridgehead atoms. The van der Waals surface area contributed by atoms with Crippen LogP contribution in [0.15, 0.2) is 30.3 Å². The number of hydrogen-bond donors (Lipinski definition) is 1. The molecular weight excluding hydrogens is 246 g/mol. The summed E-state index contributed by atoms with van der Waals surface area (Å²) in [6, 6.07) is 10.8. The smallest absolute Gasteiger partial charge is 0.0594 e. The van der Waals surface area contributed by atoms with Crippen molar-refractivity contribution in [2.24, 2.45) is 5.92 Å². The average Bonchev–Trinajstić information content (AvgIpc) is 2.96. The first-order valence-corrected chi connectivity index (χ1v) is 8.14. The minimum absolute atomic E-state index is 0.534. The Morgan fingerprint density at radius 3 is 2.50 bits per heavy atom. The lowest BCUT2D eigenvalue weighted by atomic mass is 9.88. The van der Waals surface area contributed by atoms with Crippen LogP contribution in [0.3, 0.4) is 0 Å². The molecule has 112 valence electrons. The second-order valence-electron chi connectivity index (χ2n) is 6.24. The second-order valence-corrected chi connectivity index (χ2v) is 6.24. The van der Waals surface area contributed by atoms with Gasteiger partial charge in [-0.3, -0.25) is 0 Å². The Morgan fingerprint density at radius 1 is 1.15 bits per heavy atom. The predicted octanol–water partition coefficient (Wildman–Crippen LogP) is 3.98. The molecule has 2 rings (SSSR count). The van der Waals surface area contributed by atoms with Gasteiger partial charge in [-0.25, -0.2) is 0 Å². The number of benzene rings is 1. The third kappa shape index (κ3) is 4.92. The van der Waals surface area contributed by atoms with Crippen LogP contribution in [0.2, 0.25) is 0 Å². The first-order valence-electron chi connectivity index (χ1n) is 8.14. The molecule has 1 aliphatic carbocycles. The van der Waals surface area contributed by atoms with Gasteiger partial charge in [-0.2, -0.15) is 0 Å². The highest BCUT2D eigenvalue weighted by Gasteiger charge is 2.16. The Bertz CT molecular complexity index is 357. The molecule has 2 heteroatoms. The molecule has 0 spiro atoms. The van der Waals surface area contributed by atoms with Crippen molar-refractivity contribution >= 4 is 0 Å². The summed E-state index contributed by atoms with van der Waals surface area (Å²) in [5, 5.41) is 3.56. The molecule has 1 aromatic carbocycles. The Kier molecular flexibility index (Phi) is 6.55. The molecule has 1 unspecified atom stereocenters. The summed E-state index contributed by atoms with van der Waals surface area (Å²) < 4.78 is 5.89. The molecule has 1 aromatic rings. The van der Waals surface area contributed by atoms with Gasteiger partial charge < -0.3 is 10.1 Å². The fraction of sp³-hybridized carbons (Fsp3) is 0.667. The van der Waals surface area contributed by atoms with Crippen LogP contribution in [-0.4, -0.2) is 25.8 Å². The highest BCUT2D eigenvalue weighted by molar-refractivity contribution is 5.20. The standard InChI is InChI=1S/C18H29NO/c1-15(2)18(16-8-4-3-5-9-16)14-19-12-13-20-17-10-6-7-11-17/h3-5,8-9,15,17-19H,6-7,10-14H2,1-2H3. The predicted molar refractivity (Wildman–Crippen MR) is 85.1 cm³/mol. The topological polar surface area (TPSA) is 21.3 Å². The van der Waals surface area contributed by atoms with Crippen LogP contribution in [0, 0.1) is 5.92 Å². The van der Waals surface area contributed by atoms with Gasteiger partial charge in [0, 0.05) is 13.1 Å². The van der Waals surface area contributed by atoms with Gasteiger partial charge in [-0.15, -0.1) is 0 Å². The van der Waals surface area contributed by atoms with Gasteiger partial charge in [0.05, 0.1) is 12.7 Å². The molecule has 1 atom stereocenters. The van der Waals surface area contributed by atoms with E-state index in [1.165, 1.54) is 31.2 Å². The van der Waals surface area contributed by atoms with Gasteiger partial charge >= 0.3 is 0 Å². The van der Waals surface area contributed by atoms with Crippen LogP contribution in [0.4, 0.5) is 0 Å². The lowest BCUT2D eigenvalue weighted by molar-refractivity contribution is 0.0601. The van der Waals surface area contributed by atoms with E-state index in [9.17, 15) is 0 Å². The summed E-state index contributed by atoms with van der Waals surface area (Å²) in [5.74, 6) is 1.24. The van der Waals surface area contributed by atoms with E-state index < -0.39 is 0 Å². The van der Waals surface area contributed by atoms with Crippen LogP contribution < -0.4 is 5.32 Å². The highest BCUT2D eigenvalue weighted by atomic mass is 16.5. The SMILES string of the molecule is CC(C)C(CNCCOC1CCCC1)c1ccccc1. The van der Waals surface area contributed by atoms with Crippen LogP contribution in [0.5, 0.6) is 0 Å². The zero-order chi connectivity index (χ0) is 14.2. The van der Waals surface area contributed by atoms with Gasteiger partial charge in [0.1, 0.15) is 0 Å². The number of hydrogen-bond acceptors (Lipinski definition) is 2. The van der Waals surface area contributed by atoms with Crippen LogP contribution in [0.1, 0.15) is 51.0 Å². The van der Waals surface area contributed by atoms with Crippen molar-refractivity contribution in [2.75, 3.05) is 19.7 Å².